The van der Waals surface area contributed by atoms with Gasteiger partial charge in [0.1, 0.15) is 11.5 Å². The minimum atomic E-state index is -0.811. The summed E-state index contributed by atoms with van der Waals surface area (Å²) in [5.74, 6) is 2.45. The van der Waals surface area contributed by atoms with Crippen molar-refractivity contribution in [3.05, 3.63) is 5.57 Å². The van der Waals surface area contributed by atoms with Crippen molar-refractivity contribution in [1.82, 2.24) is 0 Å². The third kappa shape index (κ3) is 10.3. The normalized spacial score (nSPS) is 14.5. The number of unbranched alkanes of at least 4 members (excludes halogenated alkanes) is 2. The topological polar surface area (TPSA) is 43.4 Å². The quantitative estimate of drug-likeness (QED) is 0.213. The highest BCUT2D eigenvalue weighted by molar-refractivity contribution is 7.53. The maximum absolute atomic E-state index is 12.0. The molecule has 0 aliphatic carbocycles. The van der Waals surface area contributed by atoms with Gasteiger partial charge in [0.05, 0.1) is 8.15 Å². The summed E-state index contributed by atoms with van der Waals surface area (Å²) in [5.41, 5.74) is 0.0608. The molecule has 0 bridgehead atoms. The Bertz CT molecular complexity index is 370. The van der Waals surface area contributed by atoms with Gasteiger partial charge in [-0.1, -0.05) is 79.1 Å². The monoisotopic (exact) mass is 356 g/mol. The first-order valence-corrected chi connectivity index (χ1v) is 11.3. The fraction of sp³-hybridized carbons (Fsp3) is 0.850. The van der Waals surface area contributed by atoms with E-state index in [0.717, 1.165) is 25.2 Å². The summed E-state index contributed by atoms with van der Waals surface area (Å²) in [5, 5.41) is 0. The van der Waals surface area contributed by atoms with E-state index in [-0.39, 0.29) is 5.57 Å². The Labute approximate surface area is 150 Å². The van der Waals surface area contributed by atoms with Crippen LogP contribution < -0.4 is 0 Å². The Balaban J connectivity index is 4.90. The Morgan fingerprint density at radius 1 is 0.958 bits per heavy atom. The van der Waals surface area contributed by atoms with Crippen LogP contribution in [0.25, 0.3) is 0 Å². The van der Waals surface area contributed by atoms with Crippen LogP contribution in [0, 0.1) is 11.8 Å². The molecule has 0 spiro atoms. The molecule has 4 heteroatoms. The minimum absolute atomic E-state index is 0.0608. The van der Waals surface area contributed by atoms with Crippen molar-refractivity contribution >= 4 is 20.1 Å². The van der Waals surface area contributed by atoms with Gasteiger partial charge in [0.25, 0.3) is 0 Å². The molecule has 140 valence electrons. The van der Waals surface area contributed by atoms with Crippen LogP contribution in [0.15, 0.2) is 5.57 Å². The maximum atomic E-state index is 12.0. The Kier molecular flexibility index (Phi) is 14.3. The molecule has 0 fully saturated rings. The molecule has 0 aliphatic heterocycles. The highest BCUT2D eigenvalue weighted by atomic mass is 31.1. The zero-order valence-corrected chi connectivity index (χ0v) is 17.3. The molecule has 0 aromatic heterocycles. The molecule has 3 nitrogen and oxygen atoms in total. The van der Waals surface area contributed by atoms with E-state index in [1.807, 2.05) is 0 Å². The summed E-state index contributed by atoms with van der Waals surface area (Å²) in [7, 11) is -0.811. The number of hydrogen-bond acceptors (Lipinski definition) is 3. The summed E-state index contributed by atoms with van der Waals surface area (Å²) in [6, 6.07) is 0. The molecule has 0 saturated carbocycles. The predicted molar refractivity (Wildman–Crippen MR) is 104 cm³/mol. The van der Waals surface area contributed by atoms with Gasteiger partial charge in [0.2, 0.25) is 0 Å². The Morgan fingerprint density at radius 2 is 1.42 bits per heavy atom. The smallest absolute Gasteiger partial charge is 0.347 e. The Hall–Kier alpha value is -0.650. The van der Waals surface area contributed by atoms with Crippen LogP contribution >= 0.6 is 8.15 Å². The summed E-state index contributed by atoms with van der Waals surface area (Å²) in [6.45, 7) is 10.4. The molecular weight excluding hydrogens is 319 g/mol. The van der Waals surface area contributed by atoms with Crippen LogP contribution in [0.5, 0.6) is 0 Å². The van der Waals surface area contributed by atoms with E-state index < -0.39 is 14.1 Å². The maximum Gasteiger partial charge on any atom is 0.347 e. The van der Waals surface area contributed by atoms with Crippen LogP contribution in [0.4, 0.5) is 0 Å². The zero-order chi connectivity index (χ0) is 18.4. The largest absolute Gasteiger partial charge is 0.441 e. The standard InChI is InChI=1S/C20H37O3P/c1-6-10-12-18(8-3)15-24(23-20(22)17(5)14-21)16-19(9-4)13-11-7-2/h18-19H,6-13,15-16H2,1-5H3. The fourth-order valence-electron chi connectivity index (χ4n) is 2.79. The van der Waals surface area contributed by atoms with Crippen LogP contribution in [0.3, 0.4) is 0 Å². The zero-order valence-electron chi connectivity index (χ0n) is 16.4. The number of hydrogen-bond donors (Lipinski definition) is 0. The first kappa shape index (κ1) is 23.4. The van der Waals surface area contributed by atoms with Gasteiger partial charge in [-0.2, -0.15) is 0 Å². The van der Waals surface area contributed by atoms with Crippen molar-refractivity contribution in [3.63, 3.8) is 0 Å². The molecular formula is C20H37O3P. The molecule has 0 saturated heterocycles. The van der Waals surface area contributed by atoms with Gasteiger partial charge in [-0.15, -0.1) is 0 Å². The molecule has 0 radical (unpaired) electrons. The molecule has 24 heavy (non-hydrogen) atoms. The van der Waals surface area contributed by atoms with E-state index in [1.165, 1.54) is 45.4 Å². The molecule has 0 aliphatic rings. The van der Waals surface area contributed by atoms with Crippen molar-refractivity contribution in [3.8, 4) is 0 Å². The molecule has 0 aromatic rings. The van der Waals surface area contributed by atoms with Crippen molar-refractivity contribution in [2.24, 2.45) is 11.8 Å². The molecule has 0 aromatic carbocycles. The lowest BCUT2D eigenvalue weighted by Crippen LogP contribution is -2.15. The van der Waals surface area contributed by atoms with Crippen molar-refractivity contribution in [2.75, 3.05) is 12.3 Å². The van der Waals surface area contributed by atoms with Crippen molar-refractivity contribution in [2.45, 2.75) is 86.0 Å². The lowest BCUT2D eigenvalue weighted by molar-refractivity contribution is -0.129. The average molecular weight is 356 g/mol. The van der Waals surface area contributed by atoms with E-state index in [2.05, 4.69) is 27.7 Å². The molecule has 2 unspecified atom stereocenters. The fourth-order valence-corrected chi connectivity index (χ4v) is 5.49. The van der Waals surface area contributed by atoms with Gasteiger partial charge in [0.15, 0.2) is 0 Å². The number of carbonyl (C=O) groups is 1. The first-order valence-electron chi connectivity index (χ1n) is 9.71. The third-order valence-corrected chi connectivity index (χ3v) is 6.95. The third-order valence-electron chi connectivity index (χ3n) is 4.68. The van der Waals surface area contributed by atoms with Gasteiger partial charge in [-0.3, -0.25) is 0 Å². The van der Waals surface area contributed by atoms with Gasteiger partial charge < -0.3 is 4.52 Å². The van der Waals surface area contributed by atoms with Gasteiger partial charge in [-0.05, 0) is 18.8 Å². The van der Waals surface area contributed by atoms with Gasteiger partial charge >= 0.3 is 5.97 Å². The summed E-state index contributed by atoms with van der Waals surface area (Å²) < 4.78 is 5.75. The number of rotatable bonds is 14. The second kappa shape index (κ2) is 14.7. The minimum Gasteiger partial charge on any atom is -0.441 e. The molecule has 0 rings (SSSR count). The first-order chi connectivity index (χ1) is 11.5. The highest BCUT2D eigenvalue weighted by Crippen LogP contribution is 2.44. The van der Waals surface area contributed by atoms with E-state index in [9.17, 15) is 9.59 Å². The second-order valence-corrected chi connectivity index (χ2v) is 8.66. The molecule has 2 atom stereocenters. The Morgan fingerprint density at radius 3 is 1.75 bits per heavy atom. The lowest BCUT2D eigenvalue weighted by atomic mass is 10.0. The van der Waals surface area contributed by atoms with Crippen molar-refractivity contribution in [1.29, 1.82) is 0 Å². The highest BCUT2D eigenvalue weighted by Gasteiger charge is 2.23. The summed E-state index contributed by atoms with van der Waals surface area (Å²) in [4.78, 5) is 22.8. The van der Waals surface area contributed by atoms with E-state index in [4.69, 9.17) is 4.52 Å². The van der Waals surface area contributed by atoms with Gasteiger partial charge in [-0.25, -0.2) is 9.59 Å². The van der Waals surface area contributed by atoms with Crippen LogP contribution in [-0.4, -0.2) is 24.2 Å². The average Bonchev–Trinajstić information content (AvgIpc) is 2.60. The summed E-state index contributed by atoms with van der Waals surface area (Å²) in [6.07, 6.45) is 11.5. The van der Waals surface area contributed by atoms with Crippen LogP contribution in [0.2, 0.25) is 0 Å². The number of carbonyl (C=O) groups excluding carboxylic acids is 2. The molecule has 0 N–H and O–H groups in total. The second-order valence-electron chi connectivity index (χ2n) is 6.79. The van der Waals surface area contributed by atoms with Crippen LogP contribution in [0.1, 0.15) is 86.0 Å². The SMILES string of the molecule is CCCCC(CC)CP(CC(CC)CCCC)OC(=O)C(C)=C=O. The van der Waals surface area contributed by atoms with Crippen molar-refractivity contribution < 1.29 is 14.1 Å². The van der Waals surface area contributed by atoms with E-state index >= 15 is 0 Å². The molecule has 0 heterocycles. The predicted octanol–water partition coefficient (Wildman–Crippen LogP) is 6.14. The van der Waals surface area contributed by atoms with E-state index in [1.54, 1.807) is 5.94 Å². The molecule has 0 amide bonds. The van der Waals surface area contributed by atoms with Gasteiger partial charge in [0, 0.05) is 12.3 Å². The lowest BCUT2D eigenvalue weighted by Gasteiger charge is -2.26. The van der Waals surface area contributed by atoms with E-state index in [0.29, 0.717) is 11.8 Å². The summed E-state index contributed by atoms with van der Waals surface area (Å²) >= 11 is 0. The van der Waals surface area contributed by atoms with Crippen LogP contribution in [-0.2, 0) is 14.1 Å².